The first-order chi connectivity index (χ1) is 11.2. The highest BCUT2D eigenvalue weighted by atomic mass is 16.6. The second kappa shape index (κ2) is 7.15. The fraction of sp³-hybridized carbons (Fsp3) is 0.375. The molecule has 2 heterocycles. The van der Waals surface area contributed by atoms with Gasteiger partial charge in [-0.15, -0.1) is 0 Å². The Hall–Kier alpha value is -2.54. The van der Waals surface area contributed by atoms with E-state index in [0.717, 1.165) is 13.0 Å². The van der Waals surface area contributed by atoms with Crippen LogP contribution >= 0.6 is 0 Å². The quantitative estimate of drug-likeness (QED) is 0.766. The maximum absolute atomic E-state index is 11.5. The lowest BCUT2D eigenvalue weighted by atomic mass is 10.2. The number of phenols is 1. The molecular weight excluding hydrogens is 298 g/mol. The molecule has 0 unspecified atom stereocenters. The minimum absolute atomic E-state index is 0.0791. The monoisotopic (exact) mass is 317 g/mol. The van der Waals surface area contributed by atoms with Crippen LogP contribution in [0.25, 0.3) is 0 Å². The summed E-state index contributed by atoms with van der Waals surface area (Å²) in [5, 5.41) is 16.7. The third kappa shape index (κ3) is 4.01. The van der Waals surface area contributed by atoms with Gasteiger partial charge in [0, 0.05) is 31.4 Å². The zero-order valence-corrected chi connectivity index (χ0v) is 12.6. The number of rotatable bonds is 6. The van der Waals surface area contributed by atoms with E-state index in [4.69, 9.17) is 9.47 Å². The molecule has 7 nitrogen and oxygen atoms in total. The SMILES string of the molecule is O=c1cccnn1CCCNC[C@@H]1COc2cc(O)ccc2O1. The highest BCUT2D eigenvalue weighted by Gasteiger charge is 2.20. The average molecular weight is 317 g/mol. The second-order valence-corrected chi connectivity index (χ2v) is 5.32. The van der Waals surface area contributed by atoms with Crippen LogP contribution in [-0.2, 0) is 6.54 Å². The normalized spacial score (nSPS) is 16.3. The molecule has 0 spiro atoms. The zero-order valence-electron chi connectivity index (χ0n) is 12.6. The summed E-state index contributed by atoms with van der Waals surface area (Å²) in [4.78, 5) is 11.5. The molecule has 0 amide bonds. The summed E-state index contributed by atoms with van der Waals surface area (Å²) in [6.45, 7) is 2.42. The Morgan fingerprint density at radius 1 is 1.35 bits per heavy atom. The predicted molar refractivity (Wildman–Crippen MR) is 84.0 cm³/mol. The molecule has 122 valence electrons. The number of nitrogens with zero attached hydrogens (tertiary/aromatic N) is 2. The Bertz CT molecular complexity index is 716. The summed E-state index contributed by atoms with van der Waals surface area (Å²) >= 11 is 0. The molecule has 1 aliphatic heterocycles. The number of aromatic nitrogens is 2. The minimum atomic E-state index is -0.0867. The molecule has 0 saturated carbocycles. The average Bonchev–Trinajstić information content (AvgIpc) is 2.56. The molecule has 0 fully saturated rings. The Balaban J connectivity index is 1.39. The van der Waals surface area contributed by atoms with E-state index in [1.807, 2.05) is 0 Å². The largest absolute Gasteiger partial charge is 0.508 e. The number of hydrogen-bond acceptors (Lipinski definition) is 6. The number of nitrogens with one attached hydrogen (secondary N) is 1. The third-order valence-electron chi connectivity index (χ3n) is 3.53. The van der Waals surface area contributed by atoms with Crippen molar-refractivity contribution in [3.05, 3.63) is 46.9 Å². The first-order valence-electron chi connectivity index (χ1n) is 7.58. The van der Waals surface area contributed by atoms with Gasteiger partial charge < -0.3 is 19.9 Å². The van der Waals surface area contributed by atoms with Crippen molar-refractivity contribution < 1.29 is 14.6 Å². The van der Waals surface area contributed by atoms with E-state index in [1.54, 1.807) is 30.5 Å². The van der Waals surface area contributed by atoms with E-state index in [9.17, 15) is 9.90 Å². The maximum Gasteiger partial charge on any atom is 0.266 e. The van der Waals surface area contributed by atoms with Crippen molar-refractivity contribution in [3.8, 4) is 17.2 Å². The fourth-order valence-electron chi connectivity index (χ4n) is 2.38. The van der Waals surface area contributed by atoms with Gasteiger partial charge in [-0.25, -0.2) is 4.68 Å². The van der Waals surface area contributed by atoms with E-state index < -0.39 is 0 Å². The van der Waals surface area contributed by atoms with Gasteiger partial charge >= 0.3 is 0 Å². The molecule has 1 aliphatic rings. The summed E-state index contributed by atoms with van der Waals surface area (Å²) < 4.78 is 12.8. The molecule has 2 aromatic rings. The second-order valence-electron chi connectivity index (χ2n) is 5.32. The van der Waals surface area contributed by atoms with Gasteiger partial charge in [0.15, 0.2) is 11.5 Å². The summed E-state index contributed by atoms with van der Waals surface area (Å²) in [7, 11) is 0. The predicted octanol–water partition coefficient (Wildman–Crippen LogP) is 0.769. The maximum atomic E-state index is 11.5. The molecule has 0 bridgehead atoms. The van der Waals surface area contributed by atoms with Gasteiger partial charge in [0.05, 0.1) is 0 Å². The lowest BCUT2D eigenvalue weighted by Gasteiger charge is -2.26. The van der Waals surface area contributed by atoms with Crippen molar-refractivity contribution in [1.29, 1.82) is 0 Å². The van der Waals surface area contributed by atoms with E-state index in [0.29, 0.717) is 31.2 Å². The molecule has 3 rings (SSSR count). The van der Waals surface area contributed by atoms with Crippen LogP contribution in [0.1, 0.15) is 6.42 Å². The van der Waals surface area contributed by atoms with Crippen molar-refractivity contribution in [3.63, 3.8) is 0 Å². The Morgan fingerprint density at radius 2 is 2.26 bits per heavy atom. The van der Waals surface area contributed by atoms with Crippen LogP contribution in [-0.4, -0.2) is 40.7 Å². The van der Waals surface area contributed by atoms with Crippen molar-refractivity contribution >= 4 is 0 Å². The lowest BCUT2D eigenvalue weighted by Crippen LogP contribution is -2.39. The fourth-order valence-corrected chi connectivity index (χ4v) is 2.38. The molecular formula is C16H19N3O4. The minimum Gasteiger partial charge on any atom is -0.508 e. The highest BCUT2D eigenvalue weighted by molar-refractivity contribution is 5.46. The van der Waals surface area contributed by atoms with E-state index in [1.165, 1.54) is 10.7 Å². The highest BCUT2D eigenvalue weighted by Crippen LogP contribution is 2.34. The topological polar surface area (TPSA) is 85.6 Å². The van der Waals surface area contributed by atoms with Gasteiger partial charge in [-0.2, -0.15) is 5.10 Å². The smallest absolute Gasteiger partial charge is 0.266 e. The number of aromatic hydroxyl groups is 1. The standard InChI is InChI=1S/C16H19N3O4/c20-12-4-5-14-15(9-12)22-11-13(23-14)10-17-6-2-8-19-16(21)3-1-7-18-19/h1,3-5,7,9,13,17,20H,2,6,8,10-11H2/t13-/m1/s1. The number of hydrogen-bond donors (Lipinski definition) is 2. The van der Waals surface area contributed by atoms with Crippen molar-refractivity contribution in [2.24, 2.45) is 0 Å². The zero-order chi connectivity index (χ0) is 16.1. The van der Waals surface area contributed by atoms with Crippen LogP contribution in [0, 0.1) is 0 Å². The van der Waals surface area contributed by atoms with E-state index in [-0.39, 0.29) is 17.4 Å². The Morgan fingerprint density at radius 3 is 3.13 bits per heavy atom. The Kier molecular flexibility index (Phi) is 4.77. The third-order valence-corrected chi connectivity index (χ3v) is 3.53. The van der Waals surface area contributed by atoms with Gasteiger partial charge in [0.2, 0.25) is 0 Å². The van der Waals surface area contributed by atoms with Gasteiger partial charge in [0.1, 0.15) is 18.5 Å². The van der Waals surface area contributed by atoms with Crippen LogP contribution < -0.4 is 20.3 Å². The van der Waals surface area contributed by atoms with Crippen LogP contribution in [0.15, 0.2) is 41.3 Å². The number of aryl methyl sites for hydroxylation is 1. The Labute approximate surface area is 133 Å². The van der Waals surface area contributed by atoms with Gasteiger partial charge in [-0.05, 0) is 31.2 Å². The van der Waals surface area contributed by atoms with Crippen molar-refractivity contribution in [1.82, 2.24) is 15.1 Å². The van der Waals surface area contributed by atoms with E-state index >= 15 is 0 Å². The summed E-state index contributed by atoms with van der Waals surface area (Å²) in [6, 6.07) is 7.95. The number of phenolic OH excluding ortho intramolecular Hbond substituents is 1. The summed E-state index contributed by atoms with van der Waals surface area (Å²) in [5.41, 5.74) is -0.0867. The van der Waals surface area contributed by atoms with Gasteiger partial charge in [0.25, 0.3) is 5.56 Å². The molecule has 7 heteroatoms. The molecule has 1 atom stereocenters. The molecule has 23 heavy (non-hydrogen) atoms. The van der Waals surface area contributed by atoms with E-state index in [2.05, 4.69) is 10.4 Å². The summed E-state index contributed by atoms with van der Waals surface area (Å²) in [6.07, 6.45) is 2.33. The van der Waals surface area contributed by atoms with Crippen molar-refractivity contribution in [2.75, 3.05) is 19.7 Å². The van der Waals surface area contributed by atoms with Crippen LogP contribution in [0.2, 0.25) is 0 Å². The molecule has 0 saturated heterocycles. The van der Waals surface area contributed by atoms with Crippen LogP contribution in [0.3, 0.4) is 0 Å². The molecule has 2 N–H and O–H groups in total. The first kappa shape index (κ1) is 15.4. The molecule has 0 aliphatic carbocycles. The molecule has 0 radical (unpaired) electrons. The first-order valence-corrected chi connectivity index (χ1v) is 7.58. The molecule has 1 aromatic carbocycles. The number of ether oxygens (including phenoxy) is 2. The number of benzene rings is 1. The summed E-state index contributed by atoms with van der Waals surface area (Å²) in [5.74, 6) is 1.37. The van der Waals surface area contributed by atoms with Crippen molar-refractivity contribution in [2.45, 2.75) is 19.1 Å². The van der Waals surface area contributed by atoms with Crippen LogP contribution in [0.4, 0.5) is 0 Å². The van der Waals surface area contributed by atoms with Gasteiger partial charge in [-0.1, -0.05) is 0 Å². The van der Waals surface area contributed by atoms with Gasteiger partial charge in [-0.3, -0.25) is 4.79 Å². The molecule has 1 aromatic heterocycles. The van der Waals surface area contributed by atoms with Crippen LogP contribution in [0.5, 0.6) is 17.2 Å². The number of fused-ring (bicyclic) bond motifs is 1. The lowest BCUT2D eigenvalue weighted by molar-refractivity contribution is 0.0901.